The van der Waals surface area contributed by atoms with Crippen molar-refractivity contribution in [1.82, 2.24) is 5.32 Å². The number of unbranched alkanes of at least 4 members (excludes halogenated alkanes) is 37. The van der Waals surface area contributed by atoms with Crippen molar-refractivity contribution in [3.8, 4) is 0 Å². The van der Waals surface area contributed by atoms with E-state index in [1.807, 2.05) is 6.08 Å². The number of esters is 1. The first-order valence-corrected chi connectivity index (χ1v) is 30.1. The van der Waals surface area contributed by atoms with Gasteiger partial charge in [-0.05, 0) is 96.3 Å². The van der Waals surface area contributed by atoms with Crippen molar-refractivity contribution in [2.45, 2.75) is 315 Å². The molecule has 0 fully saturated rings. The third-order valence-corrected chi connectivity index (χ3v) is 13.5. The molecule has 2 unspecified atom stereocenters. The van der Waals surface area contributed by atoms with Crippen LogP contribution in [-0.4, -0.2) is 47.4 Å². The maximum atomic E-state index is 12.5. The molecule has 2 atom stereocenters. The highest BCUT2D eigenvalue weighted by molar-refractivity contribution is 5.76. The molecule has 0 aliphatic carbocycles. The second-order valence-electron chi connectivity index (χ2n) is 20.3. The van der Waals surface area contributed by atoms with Crippen LogP contribution in [0.2, 0.25) is 0 Å². The van der Waals surface area contributed by atoms with Crippen LogP contribution in [0.5, 0.6) is 0 Å². The summed E-state index contributed by atoms with van der Waals surface area (Å²) >= 11 is 0. The molecule has 69 heavy (non-hydrogen) atoms. The van der Waals surface area contributed by atoms with Crippen molar-refractivity contribution < 1.29 is 24.5 Å². The normalized spacial score (nSPS) is 13.0. The standard InChI is InChI=1S/C63H115NO5/c1-3-5-7-9-11-13-15-17-19-21-23-25-29-33-37-41-45-49-53-57-63(68)69-58-54-50-46-42-38-34-30-26-28-32-36-40-44-48-52-56-62(67)64-60(59-65)61(66)55-51-47-43-39-35-31-27-24-22-20-18-16-14-12-10-8-6-4-2/h11,13,17,19,26,30,34,38,51,55,60-61,65-66H,3-10,12,14-16,18,20-25,27-29,31-33,35-37,39-50,52-54,56-59H2,1-2H3,(H,64,67)/b13-11-,19-17-,30-26-,38-34-,55-51+. The van der Waals surface area contributed by atoms with E-state index < -0.39 is 12.1 Å². The van der Waals surface area contributed by atoms with Crippen LogP contribution in [0.3, 0.4) is 0 Å². The summed E-state index contributed by atoms with van der Waals surface area (Å²) in [6.07, 6.45) is 75.3. The van der Waals surface area contributed by atoms with E-state index in [0.717, 1.165) is 83.5 Å². The molecule has 0 bridgehead atoms. The highest BCUT2D eigenvalue weighted by Gasteiger charge is 2.18. The van der Waals surface area contributed by atoms with Gasteiger partial charge in [0.25, 0.3) is 0 Å². The van der Waals surface area contributed by atoms with Crippen molar-refractivity contribution in [1.29, 1.82) is 0 Å². The molecule has 6 heteroatoms. The van der Waals surface area contributed by atoms with Crippen molar-refractivity contribution in [3.05, 3.63) is 60.8 Å². The number of carbonyl (C=O) groups excluding carboxylic acids is 2. The van der Waals surface area contributed by atoms with E-state index >= 15 is 0 Å². The van der Waals surface area contributed by atoms with Gasteiger partial charge in [0.1, 0.15) is 0 Å². The lowest BCUT2D eigenvalue weighted by Gasteiger charge is -2.20. The van der Waals surface area contributed by atoms with Crippen molar-refractivity contribution in [3.63, 3.8) is 0 Å². The van der Waals surface area contributed by atoms with Gasteiger partial charge in [0.2, 0.25) is 5.91 Å². The zero-order valence-corrected chi connectivity index (χ0v) is 45.8. The number of aliphatic hydroxyl groups is 2. The number of rotatable bonds is 55. The minimum absolute atomic E-state index is 0.0271. The van der Waals surface area contributed by atoms with Gasteiger partial charge in [-0.1, -0.05) is 254 Å². The molecule has 0 aliphatic rings. The minimum Gasteiger partial charge on any atom is -0.466 e. The number of allylic oxidation sites excluding steroid dienone is 9. The molecule has 0 aliphatic heterocycles. The third kappa shape index (κ3) is 54.7. The third-order valence-electron chi connectivity index (χ3n) is 13.5. The molecule has 402 valence electrons. The molecule has 0 rings (SSSR count). The van der Waals surface area contributed by atoms with Gasteiger partial charge < -0.3 is 20.3 Å². The predicted octanol–water partition coefficient (Wildman–Crippen LogP) is 18.7. The lowest BCUT2D eigenvalue weighted by atomic mass is 10.0. The fourth-order valence-corrected chi connectivity index (χ4v) is 8.89. The van der Waals surface area contributed by atoms with Crippen LogP contribution in [0.15, 0.2) is 60.8 Å². The Morgan fingerprint density at radius 1 is 0.420 bits per heavy atom. The molecule has 0 spiro atoms. The van der Waals surface area contributed by atoms with Gasteiger partial charge in [-0.2, -0.15) is 0 Å². The van der Waals surface area contributed by atoms with E-state index in [2.05, 4.69) is 67.8 Å². The van der Waals surface area contributed by atoms with Gasteiger partial charge in [0.15, 0.2) is 0 Å². The van der Waals surface area contributed by atoms with Crippen LogP contribution >= 0.6 is 0 Å². The molecule has 0 saturated carbocycles. The monoisotopic (exact) mass is 966 g/mol. The summed E-state index contributed by atoms with van der Waals surface area (Å²) in [5, 5.41) is 23.1. The Hall–Kier alpha value is -2.44. The van der Waals surface area contributed by atoms with Crippen molar-refractivity contribution >= 4 is 11.9 Å². The molecule has 0 aromatic carbocycles. The SMILES string of the molecule is CCCCC/C=C\C/C=C\CCCCCCCCCCCC(=O)OCCCCC/C=C\C=C/CCCCCCCCC(=O)NC(CO)C(O)/C=C/CCCCCCCCCCCCCCCCCC. The van der Waals surface area contributed by atoms with Crippen LogP contribution in [-0.2, 0) is 14.3 Å². The number of nitrogens with one attached hydrogen (secondary N) is 1. The summed E-state index contributed by atoms with van der Waals surface area (Å²) in [6.45, 7) is 4.83. The average molecular weight is 967 g/mol. The van der Waals surface area contributed by atoms with Crippen molar-refractivity contribution in [2.75, 3.05) is 13.2 Å². The van der Waals surface area contributed by atoms with E-state index in [9.17, 15) is 19.8 Å². The first-order chi connectivity index (χ1) is 34.0. The zero-order valence-electron chi connectivity index (χ0n) is 45.8. The van der Waals surface area contributed by atoms with Crippen LogP contribution in [0.1, 0.15) is 303 Å². The number of aliphatic hydroxyl groups excluding tert-OH is 2. The first-order valence-electron chi connectivity index (χ1n) is 30.1. The Bertz CT molecular complexity index is 1210. The van der Waals surface area contributed by atoms with E-state index in [0.29, 0.717) is 19.4 Å². The Morgan fingerprint density at radius 2 is 0.768 bits per heavy atom. The van der Waals surface area contributed by atoms with Gasteiger partial charge in [0.05, 0.1) is 25.4 Å². The molecule has 0 aromatic heterocycles. The average Bonchev–Trinajstić information content (AvgIpc) is 3.35. The Morgan fingerprint density at radius 3 is 1.22 bits per heavy atom. The Balaban J connectivity index is 3.54. The quantitative estimate of drug-likeness (QED) is 0.0244. The van der Waals surface area contributed by atoms with E-state index in [1.54, 1.807) is 6.08 Å². The number of ether oxygens (including phenoxy) is 1. The lowest BCUT2D eigenvalue weighted by molar-refractivity contribution is -0.143. The number of carbonyl (C=O) groups is 2. The highest BCUT2D eigenvalue weighted by atomic mass is 16.5. The summed E-state index contributed by atoms with van der Waals surface area (Å²) in [5.41, 5.74) is 0. The summed E-state index contributed by atoms with van der Waals surface area (Å²) in [4.78, 5) is 24.5. The molecule has 0 radical (unpaired) electrons. The molecule has 0 saturated heterocycles. The second-order valence-corrected chi connectivity index (χ2v) is 20.3. The fourth-order valence-electron chi connectivity index (χ4n) is 8.89. The van der Waals surface area contributed by atoms with Crippen LogP contribution in [0.25, 0.3) is 0 Å². The number of hydrogen-bond donors (Lipinski definition) is 3. The van der Waals surface area contributed by atoms with Crippen LogP contribution < -0.4 is 5.32 Å². The second kappa shape index (κ2) is 58.1. The molecule has 6 nitrogen and oxygen atoms in total. The van der Waals surface area contributed by atoms with Crippen molar-refractivity contribution in [2.24, 2.45) is 0 Å². The summed E-state index contributed by atoms with van der Waals surface area (Å²) in [5.74, 6) is -0.117. The first kappa shape index (κ1) is 66.6. The Labute approximate surface area is 428 Å². The Kier molecular flexibility index (Phi) is 56.1. The molecule has 0 heterocycles. The van der Waals surface area contributed by atoms with Gasteiger partial charge in [-0.15, -0.1) is 0 Å². The number of hydrogen-bond acceptors (Lipinski definition) is 5. The zero-order chi connectivity index (χ0) is 50.0. The topological polar surface area (TPSA) is 95.9 Å². The molecular weight excluding hydrogens is 851 g/mol. The summed E-state index contributed by atoms with van der Waals surface area (Å²) < 4.78 is 5.46. The predicted molar refractivity (Wildman–Crippen MR) is 301 cm³/mol. The summed E-state index contributed by atoms with van der Waals surface area (Å²) in [6, 6.07) is -0.647. The van der Waals surface area contributed by atoms with Gasteiger partial charge in [-0.25, -0.2) is 0 Å². The van der Waals surface area contributed by atoms with E-state index in [-0.39, 0.29) is 18.5 Å². The van der Waals surface area contributed by atoms with E-state index in [1.165, 1.54) is 193 Å². The molecule has 1 amide bonds. The van der Waals surface area contributed by atoms with Gasteiger partial charge >= 0.3 is 5.97 Å². The molecule has 3 N–H and O–H groups in total. The van der Waals surface area contributed by atoms with Crippen LogP contribution in [0, 0.1) is 0 Å². The van der Waals surface area contributed by atoms with Gasteiger partial charge in [-0.3, -0.25) is 9.59 Å². The minimum atomic E-state index is -0.861. The molecular formula is C63H115NO5. The maximum Gasteiger partial charge on any atom is 0.305 e. The smallest absolute Gasteiger partial charge is 0.305 e. The van der Waals surface area contributed by atoms with E-state index in [4.69, 9.17) is 4.74 Å². The maximum absolute atomic E-state index is 12.5. The largest absolute Gasteiger partial charge is 0.466 e. The van der Waals surface area contributed by atoms with Crippen LogP contribution in [0.4, 0.5) is 0 Å². The highest BCUT2D eigenvalue weighted by Crippen LogP contribution is 2.16. The summed E-state index contributed by atoms with van der Waals surface area (Å²) in [7, 11) is 0. The van der Waals surface area contributed by atoms with Gasteiger partial charge in [0, 0.05) is 12.8 Å². The molecule has 0 aromatic rings. The lowest BCUT2D eigenvalue weighted by Crippen LogP contribution is -2.45. The number of amides is 1. The fraction of sp³-hybridized carbons (Fsp3) is 0.810.